The van der Waals surface area contributed by atoms with E-state index in [0.29, 0.717) is 11.4 Å². The Hall–Kier alpha value is -1.38. The van der Waals surface area contributed by atoms with E-state index in [-0.39, 0.29) is 5.02 Å². The summed E-state index contributed by atoms with van der Waals surface area (Å²) < 4.78 is 13.0. The Balaban J connectivity index is 2.08. The van der Waals surface area contributed by atoms with Gasteiger partial charge in [-0.05, 0) is 23.8 Å². The van der Waals surface area contributed by atoms with Crippen LogP contribution in [-0.4, -0.2) is 4.98 Å². The molecule has 0 spiro atoms. The van der Waals surface area contributed by atoms with Crippen LogP contribution in [0.1, 0.15) is 11.3 Å². The number of allylic oxidation sites excluding steroid dienone is 1. The minimum atomic E-state index is -0.420. The van der Waals surface area contributed by atoms with E-state index in [1.165, 1.54) is 6.07 Å². The van der Waals surface area contributed by atoms with Crippen molar-refractivity contribution in [2.75, 3.05) is 0 Å². The monoisotopic (exact) mass is 280 g/mol. The molecule has 1 radical (unpaired) electrons. The van der Waals surface area contributed by atoms with Crippen LogP contribution in [0.5, 0.6) is 0 Å². The third-order valence-corrected chi connectivity index (χ3v) is 2.95. The molecular weight excluding hydrogens is 272 g/mol. The number of hydrogen-bond acceptors (Lipinski definition) is 1. The summed E-state index contributed by atoms with van der Waals surface area (Å²) in [6.45, 7) is 0. The topological polar surface area (TPSA) is 12.9 Å². The summed E-state index contributed by atoms with van der Waals surface area (Å²) in [5.74, 6) is -0.420. The van der Waals surface area contributed by atoms with E-state index in [4.69, 9.17) is 23.2 Å². The number of pyridine rings is 1. The van der Waals surface area contributed by atoms with Crippen molar-refractivity contribution in [1.82, 2.24) is 4.98 Å². The Bertz CT molecular complexity index is 582. The molecule has 0 amide bonds. The lowest BCUT2D eigenvalue weighted by atomic mass is 10.2. The van der Waals surface area contributed by atoms with Crippen molar-refractivity contribution in [2.24, 2.45) is 0 Å². The molecule has 2 rings (SSSR count). The number of hydrogen-bond donors (Lipinski definition) is 0. The molecule has 0 saturated heterocycles. The molecule has 1 heterocycles. The second-order valence-electron chi connectivity index (χ2n) is 3.63. The maximum absolute atomic E-state index is 13.0. The van der Waals surface area contributed by atoms with Crippen molar-refractivity contribution >= 4 is 29.3 Å². The average molecular weight is 281 g/mol. The number of aromatic nitrogens is 1. The molecular formula is C14H9Cl2FN. The molecule has 0 unspecified atom stereocenters. The van der Waals surface area contributed by atoms with Crippen LogP contribution in [0.25, 0.3) is 6.08 Å². The minimum absolute atomic E-state index is 0.112. The zero-order valence-electron chi connectivity index (χ0n) is 9.33. The lowest BCUT2D eigenvalue weighted by Crippen LogP contribution is -1.87. The highest BCUT2D eigenvalue weighted by atomic mass is 35.5. The van der Waals surface area contributed by atoms with E-state index >= 15 is 0 Å². The van der Waals surface area contributed by atoms with Crippen LogP contribution < -0.4 is 0 Å². The summed E-state index contributed by atoms with van der Waals surface area (Å²) in [4.78, 5) is 4.14. The lowest BCUT2D eigenvalue weighted by molar-refractivity contribution is 0.628. The smallest absolute Gasteiger partial charge is 0.141 e. The van der Waals surface area contributed by atoms with E-state index in [9.17, 15) is 4.39 Å². The molecule has 0 aliphatic rings. The number of halogens is 3. The molecule has 0 bridgehead atoms. The van der Waals surface area contributed by atoms with Gasteiger partial charge >= 0.3 is 0 Å². The number of nitrogens with zero attached hydrogens (tertiary/aromatic N) is 1. The van der Waals surface area contributed by atoms with Crippen LogP contribution in [0.3, 0.4) is 0 Å². The first-order valence-corrected chi connectivity index (χ1v) is 6.05. The Morgan fingerprint density at radius 2 is 2.17 bits per heavy atom. The van der Waals surface area contributed by atoms with Crippen LogP contribution >= 0.6 is 23.2 Å². The van der Waals surface area contributed by atoms with Gasteiger partial charge in [0.2, 0.25) is 0 Å². The fourth-order valence-electron chi connectivity index (χ4n) is 1.44. The standard InChI is InChI=1S/C14H9Cl2FN/c15-11-4-2-8-18-14(11)5-1-3-10-6-7-13(17)12(16)9-10/h1-3,6-9H,5H2. The van der Waals surface area contributed by atoms with Gasteiger partial charge in [-0.1, -0.05) is 41.4 Å². The van der Waals surface area contributed by atoms with Crippen molar-refractivity contribution in [1.29, 1.82) is 0 Å². The highest BCUT2D eigenvalue weighted by molar-refractivity contribution is 6.31. The maximum atomic E-state index is 13.0. The van der Waals surface area contributed by atoms with Crippen molar-refractivity contribution in [3.05, 3.63) is 69.7 Å². The average Bonchev–Trinajstić information content (AvgIpc) is 2.36. The van der Waals surface area contributed by atoms with E-state index in [1.807, 2.05) is 12.2 Å². The van der Waals surface area contributed by atoms with Crippen LogP contribution in [0, 0.1) is 11.9 Å². The molecule has 0 saturated carbocycles. The molecule has 0 atom stereocenters. The summed E-state index contributed by atoms with van der Waals surface area (Å²) in [6.07, 6.45) is 5.97. The van der Waals surface area contributed by atoms with Crippen molar-refractivity contribution in [3.8, 4) is 0 Å². The Morgan fingerprint density at radius 1 is 1.33 bits per heavy atom. The van der Waals surface area contributed by atoms with Gasteiger partial charge in [0.15, 0.2) is 0 Å². The summed E-state index contributed by atoms with van der Waals surface area (Å²) >= 11 is 11.6. The predicted octanol–water partition coefficient (Wildman–Crippen LogP) is 4.58. The molecule has 0 aliphatic carbocycles. The van der Waals surface area contributed by atoms with Gasteiger partial charge < -0.3 is 0 Å². The minimum Gasteiger partial charge on any atom is -0.259 e. The Labute approximate surface area is 115 Å². The summed E-state index contributed by atoms with van der Waals surface area (Å²) in [5.41, 5.74) is 1.58. The highest BCUT2D eigenvalue weighted by Gasteiger charge is 1.99. The summed E-state index contributed by atoms with van der Waals surface area (Å²) in [5, 5.41) is 0.626. The summed E-state index contributed by atoms with van der Waals surface area (Å²) in [7, 11) is 0. The molecule has 2 aromatic rings. The number of rotatable bonds is 3. The van der Waals surface area contributed by atoms with Gasteiger partial charge in [0.1, 0.15) is 5.82 Å². The predicted molar refractivity (Wildman–Crippen MR) is 72.2 cm³/mol. The van der Waals surface area contributed by atoms with Crippen LogP contribution in [0.4, 0.5) is 4.39 Å². The Kier molecular flexibility index (Phi) is 4.34. The third-order valence-electron chi connectivity index (χ3n) is 2.33. The second-order valence-corrected chi connectivity index (χ2v) is 4.42. The van der Waals surface area contributed by atoms with Gasteiger partial charge in [-0.25, -0.2) is 4.39 Å². The second kappa shape index (κ2) is 5.98. The van der Waals surface area contributed by atoms with E-state index in [2.05, 4.69) is 11.1 Å². The number of benzene rings is 1. The van der Waals surface area contributed by atoms with Crippen molar-refractivity contribution < 1.29 is 4.39 Å². The summed E-state index contributed by atoms with van der Waals surface area (Å²) in [6, 6.07) is 9.09. The SMILES string of the molecule is Fc1ccc(C=CCc2ncc[c]c2Cl)cc1Cl. The Morgan fingerprint density at radius 3 is 2.89 bits per heavy atom. The maximum Gasteiger partial charge on any atom is 0.141 e. The highest BCUT2D eigenvalue weighted by Crippen LogP contribution is 2.17. The van der Waals surface area contributed by atoms with Gasteiger partial charge in [-0.15, -0.1) is 0 Å². The van der Waals surface area contributed by atoms with Crippen LogP contribution in [0.2, 0.25) is 10.0 Å². The van der Waals surface area contributed by atoms with Crippen LogP contribution in [0.15, 0.2) is 36.5 Å². The quantitative estimate of drug-likeness (QED) is 0.802. The van der Waals surface area contributed by atoms with Crippen LogP contribution in [-0.2, 0) is 6.42 Å². The molecule has 0 aliphatic heterocycles. The molecule has 0 fully saturated rings. The lowest BCUT2D eigenvalue weighted by Gasteiger charge is -1.98. The van der Waals surface area contributed by atoms with Gasteiger partial charge in [0.05, 0.1) is 15.7 Å². The normalized spacial score (nSPS) is 11.1. The zero-order valence-corrected chi connectivity index (χ0v) is 10.8. The van der Waals surface area contributed by atoms with E-state index in [0.717, 1.165) is 11.3 Å². The molecule has 0 N–H and O–H groups in total. The molecule has 4 heteroatoms. The molecule has 1 nitrogen and oxygen atoms in total. The van der Waals surface area contributed by atoms with E-state index in [1.54, 1.807) is 24.4 Å². The molecule has 1 aromatic heterocycles. The zero-order chi connectivity index (χ0) is 13.0. The largest absolute Gasteiger partial charge is 0.259 e. The van der Waals surface area contributed by atoms with Gasteiger partial charge in [-0.2, -0.15) is 0 Å². The first-order chi connectivity index (χ1) is 8.66. The third kappa shape index (κ3) is 3.31. The van der Waals surface area contributed by atoms with E-state index < -0.39 is 5.82 Å². The molecule has 18 heavy (non-hydrogen) atoms. The van der Waals surface area contributed by atoms with Crippen molar-refractivity contribution in [3.63, 3.8) is 0 Å². The molecule has 1 aromatic carbocycles. The first kappa shape index (κ1) is 13.1. The van der Waals surface area contributed by atoms with Gasteiger partial charge in [-0.3, -0.25) is 4.98 Å². The molecule has 91 valence electrons. The van der Waals surface area contributed by atoms with Gasteiger partial charge in [0, 0.05) is 18.7 Å². The fourth-order valence-corrected chi connectivity index (χ4v) is 1.82. The van der Waals surface area contributed by atoms with Gasteiger partial charge in [0.25, 0.3) is 0 Å². The first-order valence-electron chi connectivity index (χ1n) is 5.29. The fraction of sp³-hybridized carbons (Fsp3) is 0.0714. The van der Waals surface area contributed by atoms with Crippen molar-refractivity contribution in [2.45, 2.75) is 6.42 Å².